The van der Waals surface area contributed by atoms with E-state index in [2.05, 4.69) is 15.2 Å². The van der Waals surface area contributed by atoms with Crippen molar-refractivity contribution in [3.05, 3.63) is 54.5 Å². The fourth-order valence-electron chi connectivity index (χ4n) is 6.00. The zero-order valence-electron chi connectivity index (χ0n) is 30.3. The van der Waals surface area contributed by atoms with Crippen LogP contribution in [0, 0.1) is 11.8 Å². The number of esters is 3. The highest BCUT2D eigenvalue weighted by molar-refractivity contribution is 7.52. The minimum Gasteiger partial charge on any atom is -0.461 e. The van der Waals surface area contributed by atoms with Crippen molar-refractivity contribution in [2.75, 3.05) is 12.3 Å². The normalized spacial score (nSPS) is 26.5. The number of nitrogens with two attached hydrogens (primary N) is 2. The summed E-state index contributed by atoms with van der Waals surface area (Å²) in [5.74, 6) is -2.52. The van der Waals surface area contributed by atoms with Crippen LogP contribution >= 0.6 is 7.75 Å². The van der Waals surface area contributed by atoms with Crippen LogP contribution in [0.5, 0.6) is 5.75 Å². The summed E-state index contributed by atoms with van der Waals surface area (Å²) < 4.78 is 52.4. The molecule has 0 amide bonds. The molecule has 5 rings (SSSR count). The molecule has 1 aromatic carbocycles. The van der Waals surface area contributed by atoms with Gasteiger partial charge in [0.2, 0.25) is 0 Å². The van der Waals surface area contributed by atoms with Gasteiger partial charge in [0, 0.05) is 6.04 Å². The van der Waals surface area contributed by atoms with Crippen LogP contribution in [0.1, 0.15) is 79.0 Å². The molecule has 3 heterocycles. The van der Waals surface area contributed by atoms with Gasteiger partial charge in [-0.2, -0.15) is 10.2 Å². The van der Waals surface area contributed by atoms with E-state index >= 15 is 0 Å². The first-order valence-corrected chi connectivity index (χ1v) is 19.0. The average Bonchev–Trinajstić information content (AvgIpc) is 3.65. The molecule has 2 fully saturated rings. The first-order chi connectivity index (χ1) is 24.6. The van der Waals surface area contributed by atoms with Crippen LogP contribution in [0.15, 0.2) is 48.8 Å². The number of aromatic nitrogens is 3. The molecule has 52 heavy (non-hydrogen) atoms. The number of carbonyl (C=O) groups is 3. The Hall–Kier alpha value is -4.08. The van der Waals surface area contributed by atoms with Crippen molar-refractivity contribution >= 4 is 37.0 Å². The third-order valence-electron chi connectivity index (χ3n) is 9.03. The van der Waals surface area contributed by atoms with Crippen LogP contribution in [0.2, 0.25) is 0 Å². The Morgan fingerprint density at radius 2 is 1.62 bits per heavy atom. The maximum absolute atomic E-state index is 14.6. The van der Waals surface area contributed by atoms with Gasteiger partial charge in [-0.3, -0.25) is 18.9 Å². The van der Waals surface area contributed by atoms with E-state index in [-0.39, 0.29) is 23.7 Å². The number of nitrogens with zero attached hydrogens (tertiary/aromatic N) is 3. The number of benzene rings is 1. The molecule has 3 aromatic rings. The Morgan fingerprint density at radius 1 is 0.962 bits per heavy atom. The SMILES string of the molecule is CC(C)C(=O)O[C@H]1[C@H](c2ccc3c(N)ncnn23)O[C@](C)(COP(=O)(N[C@@H](C)C(=O)O[C@H]2CC[C@H](N)CC2)Oc2ccccc2)[C@H]1OC(=O)C(C)C. The third-order valence-corrected chi connectivity index (χ3v) is 10.7. The Bertz CT molecular complexity index is 1760. The van der Waals surface area contributed by atoms with Crippen molar-refractivity contribution in [3.63, 3.8) is 0 Å². The molecule has 1 unspecified atom stereocenters. The lowest BCUT2D eigenvalue weighted by atomic mass is 9.94. The average molecular weight is 745 g/mol. The van der Waals surface area contributed by atoms with E-state index in [4.69, 9.17) is 39.5 Å². The fraction of sp³-hybridized carbons (Fsp3) is 0.571. The van der Waals surface area contributed by atoms with Crippen LogP contribution in [0.3, 0.4) is 0 Å². The van der Waals surface area contributed by atoms with E-state index in [9.17, 15) is 18.9 Å². The highest BCUT2D eigenvalue weighted by Gasteiger charge is 2.59. The maximum Gasteiger partial charge on any atom is 0.459 e. The third kappa shape index (κ3) is 9.10. The lowest BCUT2D eigenvalue weighted by Crippen LogP contribution is -2.49. The number of nitrogen functional groups attached to an aromatic ring is 1. The number of carbonyl (C=O) groups excluding carboxylic acids is 3. The molecule has 1 saturated carbocycles. The van der Waals surface area contributed by atoms with Crippen LogP contribution in [0.4, 0.5) is 5.82 Å². The highest BCUT2D eigenvalue weighted by atomic mass is 31.2. The van der Waals surface area contributed by atoms with E-state index in [1.807, 2.05) is 0 Å². The van der Waals surface area contributed by atoms with Gasteiger partial charge < -0.3 is 34.9 Å². The fourth-order valence-corrected chi connectivity index (χ4v) is 7.58. The molecule has 2 aromatic heterocycles. The van der Waals surface area contributed by atoms with Crippen LogP contribution in [-0.2, 0) is 42.4 Å². The predicted molar refractivity (Wildman–Crippen MR) is 189 cm³/mol. The molecule has 1 aliphatic carbocycles. The summed E-state index contributed by atoms with van der Waals surface area (Å²) in [6.45, 7) is 9.21. The van der Waals surface area contributed by atoms with E-state index in [1.54, 1.807) is 77.1 Å². The Kier molecular flexibility index (Phi) is 12.3. The molecule has 1 saturated heterocycles. The van der Waals surface area contributed by atoms with Gasteiger partial charge in [-0.25, -0.2) is 14.1 Å². The van der Waals surface area contributed by atoms with E-state index in [0.29, 0.717) is 24.1 Å². The van der Waals surface area contributed by atoms with Gasteiger partial charge in [-0.05, 0) is 63.8 Å². The van der Waals surface area contributed by atoms with Crippen molar-refractivity contribution in [3.8, 4) is 5.75 Å². The van der Waals surface area contributed by atoms with E-state index in [0.717, 1.165) is 12.8 Å². The summed E-state index contributed by atoms with van der Waals surface area (Å²) in [6, 6.07) is 10.6. The predicted octanol–water partition coefficient (Wildman–Crippen LogP) is 4.27. The van der Waals surface area contributed by atoms with Gasteiger partial charge in [0.05, 0.1) is 24.1 Å². The van der Waals surface area contributed by atoms with Crippen molar-refractivity contribution in [2.24, 2.45) is 17.6 Å². The lowest BCUT2D eigenvalue weighted by molar-refractivity contribution is -0.175. The van der Waals surface area contributed by atoms with Crippen molar-refractivity contribution < 1.29 is 46.9 Å². The van der Waals surface area contributed by atoms with E-state index in [1.165, 1.54) is 17.8 Å². The summed E-state index contributed by atoms with van der Waals surface area (Å²) in [7, 11) is -4.42. The first kappa shape index (κ1) is 39.1. The molecular formula is C35H49N6O10P. The van der Waals surface area contributed by atoms with Crippen molar-refractivity contribution in [1.82, 2.24) is 19.7 Å². The summed E-state index contributed by atoms with van der Waals surface area (Å²) >= 11 is 0. The van der Waals surface area contributed by atoms with Gasteiger partial charge in [0.15, 0.2) is 18.0 Å². The zero-order chi connectivity index (χ0) is 37.8. The van der Waals surface area contributed by atoms with Crippen LogP contribution in [0.25, 0.3) is 5.52 Å². The number of hydrogen-bond acceptors (Lipinski definition) is 14. The van der Waals surface area contributed by atoms with Crippen molar-refractivity contribution in [2.45, 2.75) is 109 Å². The topological polar surface area (TPSA) is 218 Å². The van der Waals surface area contributed by atoms with Crippen molar-refractivity contribution in [1.29, 1.82) is 0 Å². The molecule has 16 nitrogen and oxygen atoms in total. The smallest absolute Gasteiger partial charge is 0.459 e. The second-order valence-corrected chi connectivity index (χ2v) is 15.8. The summed E-state index contributed by atoms with van der Waals surface area (Å²) in [5.41, 5.74) is 11.4. The van der Waals surface area contributed by atoms with Gasteiger partial charge in [0.25, 0.3) is 0 Å². The van der Waals surface area contributed by atoms with Gasteiger partial charge in [-0.1, -0.05) is 45.9 Å². The summed E-state index contributed by atoms with van der Waals surface area (Å²) in [5, 5.41) is 7.04. The maximum atomic E-state index is 14.6. The number of anilines is 1. The largest absolute Gasteiger partial charge is 0.461 e. The minimum atomic E-state index is -4.42. The second-order valence-electron chi connectivity index (χ2n) is 14.1. The standard InChI is InChI=1S/C35H49N6O10P/c1-20(2)32(42)48-29-28(26-16-17-27-31(37)38-19-39-41(26)27)50-35(6,30(29)49-33(43)21(3)4)18-46-52(45,51-25-10-8-7-9-11-25)40-22(5)34(44)47-24-14-12-23(36)13-15-24/h7-11,16-17,19-24,28-30H,12-15,18,36H2,1-6H3,(H,40,45)(H2,37,38,39)/t22-,23-,24-,28-,29-,30-,35+,52?/m0/s1. The second kappa shape index (κ2) is 16.3. The number of para-hydroxylation sites is 1. The first-order valence-electron chi connectivity index (χ1n) is 17.5. The molecule has 6 atom stereocenters. The van der Waals surface area contributed by atoms with Gasteiger partial charge >= 0.3 is 25.7 Å². The van der Waals surface area contributed by atoms with Crippen LogP contribution < -0.4 is 21.1 Å². The molecule has 1 aliphatic heterocycles. The Balaban J connectivity index is 1.47. The van der Waals surface area contributed by atoms with Crippen LogP contribution in [-0.4, -0.2) is 75.1 Å². The molecule has 0 radical (unpaired) electrons. The molecule has 5 N–H and O–H groups in total. The number of fused-ring (bicyclic) bond motifs is 1. The molecular weight excluding hydrogens is 695 g/mol. The lowest BCUT2D eigenvalue weighted by Gasteiger charge is -2.33. The quantitative estimate of drug-likeness (QED) is 0.119. The molecule has 17 heteroatoms. The summed E-state index contributed by atoms with van der Waals surface area (Å²) in [6.07, 6.45) is 0.110. The monoisotopic (exact) mass is 744 g/mol. The zero-order valence-corrected chi connectivity index (χ0v) is 31.2. The van der Waals surface area contributed by atoms with Gasteiger partial charge in [0.1, 0.15) is 41.4 Å². The number of rotatable bonds is 14. The number of hydrogen-bond donors (Lipinski definition) is 3. The number of nitrogens with one attached hydrogen (secondary N) is 1. The molecule has 0 bridgehead atoms. The Morgan fingerprint density at radius 3 is 2.27 bits per heavy atom. The summed E-state index contributed by atoms with van der Waals surface area (Å²) in [4.78, 5) is 43.6. The molecule has 0 spiro atoms. The Labute approximate surface area is 302 Å². The van der Waals surface area contributed by atoms with Gasteiger partial charge in [-0.15, -0.1) is 0 Å². The molecule has 2 aliphatic rings. The van der Waals surface area contributed by atoms with E-state index < -0.39 is 74.1 Å². The molecule has 284 valence electrons. The minimum absolute atomic E-state index is 0.0668. The number of ether oxygens (including phenoxy) is 4. The highest BCUT2D eigenvalue weighted by Crippen LogP contribution is 2.50.